The maximum Gasteiger partial charge on any atom is 0.294 e. The van der Waals surface area contributed by atoms with Crippen molar-refractivity contribution in [3.63, 3.8) is 0 Å². The normalized spacial score (nSPS) is 29.0. The van der Waals surface area contributed by atoms with Crippen LogP contribution in [0.15, 0.2) is 30.5 Å². The number of piperazine rings is 1. The molecule has 3 aliphatic rings. The highest BCUT2D eigenvalue weighted by Crippen LogP contribution is 2.32. The molecule has 1 aromatic carbocycles. The van der Waals surface area contributed by atoms with Gasteiger partial charge in [0.25, 0.3) is 5.09 Å². The van der Waals surface area contributed by atoms with Crippen LogP contribution in [0, 0.1) is 10.1 Å². The van der Waals surface area contributed by atoms with Gasteiger partial charge in [-0.1, -0.05) is 18.2 Å². The quantitative estimate of drug-likeness (QED) is 0.456. The zero-order chi connectivity index (χ0) is 20.5. The molecule has 170 valence electrons. The van der Waals surface area contributed by atoms with Crippen LogP contribution in [0.25, 0.3) is 10.9 Å². The molecule has 0 aliphatic carbocycles. The van der Waals surface area contributed by atoms with Gasteiger partial charge in [0, 0.05) is 44.3 Å². The fraction of sp³-hybridized carbons (Fsp3) is 0.650. The Morgan fingerprint density at radius 2 is 1.87 bits per heavy atom. The molecule has 5 rings (SSSR count). The van der Waals surface area contributed by atoms with Crippen molar-refractivity contribution < 1.29 is 19.4 Å². The first-order valence-corrected chi connectivity index (χ1v) is 10.6. The number of hydrogen-bond acceptors (Lipinski definition) is 8. The zero-order valence-electron chi connectivity index (χ0n) is 17.2. The van der Waals surface area contributed by atoms with Gasteiger partial charge < -0.3 is 19.2 Å². The van der Waals surface area contributed by atoms with E-state index in [1.165, 1.54) is 5.39 Å². The molecule has 4 heterocycles. The summed E-state index contributed by atoms with van der Waals surface area (Å²) in [4.78, 5) is 20.2. The van der Waals surface area contributed by atoms with E-state index in [1.807, 2.05) is 22.9 Å². The number of rotatable bonds is 7. The molecule has 0 saturated carbocycles. The summed E-state index contributed by atoms with van der Waals surface area (Å²) in [5, 5.41) is 15.7. The molecule has 31 heavy (non-hydrogen) atoms. The van der Waals surface area contributed by atoms with Crippen molar-refractivity contribution in [3.8, 4) is 0 Å². The topological polar surface area (TPSA) is 95.1 Å². The first-order chi connectivity index (χ1) is 14.7. The summed E-state index contributed by atoms with van der Waals surface area (Å²) in [6.07, 6.45) is 2.07. The second kappa shape index (κ2) is 9.66. The fourth-order valence-corrected chi connectivity index (χ4v) is 4.86. The van der Waals surface area contributed by atoms with Crippen LogP contribution in [0.4, 0.5) is 0 Å². The molecule has 3 fully saturated rings. The number of aryl methyl sites for hydroxylation is 1. The minimum absolute atomic E-state index is 0. The van der Waals surface area contributed by atoms with Crippen LogP contribution in [0.3, 0.4) is 0 Å². The van der Waals surface area contributed by atoms with Gasteiger partial charge >= 0.3 is 0 Å². The number of nitrogens with zero attached hydrogens (tertiary/aromatic N) is 5. The summed E-state index contributed by atoms with van der Waals surface area (Å²) in [6, 6.07) is 8.34. The van der Waals surface area contributed by atoms with E-state index in [9.17, 15) is 10.1 Å². The molecular formula is C20H28ClN5O5. The zero-order valence-corrected chi connectivity index (χ0v) is 18.1. The monoisotopic (exact) mass is 453 g/mol. The molecule has 0 N–H and O–H groups in total. The lowest BCUT2D eigenvalue weighted by atomic mass is 10.1. The van der Waals surface area contributed by atoms with Gasteiger partial charge in [-0.25, -0.2) is 0 Å². The van der Waals surface area contributed by atoms with Crippen molar-refractivity contribution in [2.75, 3.05) is 45.9 Å². The summed E-state index contributed by atoms with van der Waals surface area (Å²) in [6.45, 7) is 6.63. The van der Waals surface area contributed by atoms with Crippen LogP contribution in [0.5, 0.6) is 0 Å². The molecule has 3 saturated heterocycles. The van der Waals surface area contributed by atoms with Crippen molar-refractivity contribution in [2.24, 2.45) is 0 Å². The molecular weight excluding hydrogens is 426 g/mol. The SMILES string of the molecule is Cl.O=[N+]([O-])O[C@H]1CO[C@H]2[C@@H]1OC[C@@H]2N1CCN(CCCn2cc3ccccc3n2)CC1. The molecule has 0 amide bonds. The van der Waals surface area contributed by atoms with Gasteiger partial charge in [0.1, 0.15) is 12.2 Å². The second-order valence-corrected chi connectivity index (χ2v) is 8.21. The Bertz CT molecular complexity index is 857. The predicted octanol–water partition coefficient (Wildman–Crippen LogP) is 1.21. The highest BCUT2D eigenvalue weighted by atomic mass is 35.5. The summed E-state index contributed by atoms with van der Waals surface area (Å²) in [7, 11) is 0. The van der Waals surface area contributed by atoms with Gasteiger partial charge in [0.2, 0.25) is 0 Å². The van der Waals surface area contributed by atoms with Gasteiger partial charge in [-0.2, -0.15) is 5.10 Å². The second-order valence-electron chi connectivity index (χ2n) is 8.21. The van der Waals surface area contributed by atoms with E-state index >= 15 is 0 Å². The number of halogens is 1. The van der Waals surface area contributed by atoms with Gasteiger partial charge in [0.15, 0.2) is 6.10 Å². The van der Waals surface area contributed by atoms with Crippen molar-refractivity contribution in [3.05, 3.63) is 40.6 Å². The lowest BCUT2D eigenvalue weighted by Gasteiger charge is -2.38. The highest BCUT2D eigenvalue weighted by Gasteiger charge is 2.51. The van der Waals surface area contributed by atoms with Gasteiger partial charge in [0.05, 0.1) is 24.8 Å². The average molecular weight is 454 g/mol. The van der Waals surface area contributed by atoms with Crippen LogP contribution in [-0.4, -0.2) is 95.0 Å². The Morgan fingerprint density at radius 1 is 1.10 bits per heavy atom. The average Bonchev–Trinajstić information content (AvgIpc) is 3.44. The maximum atomic E-state index is 10.6. The Morgan fingerprint density at radius 3 is 2.65 bits per heavy atom. The molecule has 2 aromatic rings. The molecule has 11 heteroatoms. The van der Waals surface area contributed by atoms with E-state index in [2.05, 4.69) is 27.2 Å². The Balaban J connectivity index is 0.00000231. The minimum Gasteiger partial charge on any atom is -0.371 e. The lowest BCUT2D eigenvalue weighted by molar-refractivity contribution is -0.769. The molecule has 10 nitrogen and oxygen atoms in total. The van der Waals surface area contributed by atoms with E-state index in [-0.39, 0.29) is 37.3 Å². The van der Waals surface area contributed by atoms with Crippen LogP contribution in [0.2, 0.25) is 0 Å². The first kappa shape index (κ1) is 22.2. The lowest BCUT2D eigenvalue weighted by Crippen LogP contribution is -2.54. The third kappa shape index (κ3) is 4.78. The van der Waals surface area contributed by atoms with Crippen molar-refractivity contribution >= 4 is 23.3 Å². The predicted molar refractivity (Wildman–Crippen MR) is 115 cm³/mol. The molecule has 0 unspecified atom stereocenters. The number of benzene rings is 1. The Hall–Kier alpha value is -1.98. The van der Waals surface area contributed by atoms with E-state index < -0.39 is 11.2 Å². The summed E-state index contributed by atoms with van der Waals surface area (Å²) >= 11 is 0. The molecule has 1 aromatic heterocycles. The summed E-state index contributed by atoms with van der Waals surface area (Å²) in [5.74, 6) is 0. The Labute approximate surface area is 186 Å². The van der Waals surface area contributed by atoms with Crippen LogP contribution in [-0.2, 0) is 20.9 Å². The van der Waals surface area contributed by atoms with Crippen molar-refractivity contribution in [1.82, 2.24) is 19.6 Å². The van der Waals surface area contributed by atoms with Crippen LogP contribution < -0.4 is 0 Å². The molecule has 4 atom stereocenters. The van der Waals surface area contributed by atoms with Gasteiger partial charge in [-0.05, 0) is 19.0 Å². The third-order valence-electron chi connectivity index (χ3n) is 6.40. The van der Waals surface area contributed by atoms with E-state index in [0.29, 0.717) is 6.61 Å². The molecule has 0 radical (unpaired) electrons. The molecule has 3 aliphatic heterocycles. The maximum absolute atomic E-state index is 10.6. The molecule has 0 bridgehead atoms. The number of hydrogen-bond donors (Lipinski definition) is 0. The van der Waals surface area contributed by atoms with Crippen LogP contribution >= 0.6 is 12.4 Å². The van der Waals surface area contributed by atoms with E-state index in [0.717, 1.165) is 51.2 Å². The van der Waals surface area contributed by atoms with Crippen LogP contribution in [0.1, 0.15) is 6.42 Å². The van der Waals surface area contributed by atoms with Gasteiger partial charge in [-0.3, -0.25) is 9.58 Å². The van der Waals surface area contributed by atoms with E-state index in [4.69, 9.17) is 14.3 Å². The summed E-state index contributed by atoms with van der Waals surface area (Å²) < 4.78 is 13.6. The highest BCUT2D eigenvalue weighted by molar-refractivity contribution is 5.85. The van der Waals surface area contributed by atoms with E-state index in [1.54, 1.807) is 0 Å². The Kier molecular flexibility index (Phi) is 6.92. The van der Waals surface area contributed by atoms with Gasteiger partial charge in [-0.15, -0.1) is 22.5 Å². The molecule has 0 spiro atoms. The van der Waals surface area contributed by atoms with Crippen molar-refractivity contribution in [2.45, 2.75) is 37.3 Å². The summed E-state index contributed by atoms with van der Waals surface area (Å²) in [5.41, 5.74) is 1.04. The first-order valence-electron chi connectivity index (χ1n) is 10.6. The fourth-order valence-electron chi connectivity index (χ4n) is 4.86. The largest absolute Gasteiger partial charge is 0.371 e. The number of aromatic nitrogens is 2. The smallest absolute Gasteiger partial charge is 0.294 e. The standard InChI is InChI=1S/C20H27N5O5.ClH/c26-25(27)30-18-14-29-19-17(13-28-20(18)19)23-10-8-22(9-11-23)6-3-7-24-12-15-4-1-2-5-16(15)21-24;/h1-2,4-5,12,17-20H,3,6-11,13-14H2;1H/t17-,18-,19+,20+;/m0./s1. The number of fused-ring (bicyclic) bond motifs is 2. The number of ether oxygens (including phenoxy) is 2. The third-order valence-corrected chi connectivity index (χ3v) is 6.40. The van der Waals surface area contributed by atoms with Crippen molar-refractivity contribution in [1.29, 1.82) is 0 Å². The minimum atomic E-state index is -0.752.